The molecular weight excluding hydrogens is 244 g/mol. The van der Waals surface area contributed by atoms with E-state index in [9.17, 15) is 0 Å². The number of rotatable bonds is 3. The molecule has 0 radical (unpaired) electrons. The van der Waals surface area contributed by atoms with Gasteiger partial charge in [0.05, 0.1) is 17.0 Å². The normalized spacial score (nSPS) is 12.1. The molecule has 2 aromatic rings. The molecule has 1 aromatic carbocycles. The largest absolute Gasteiger partial charge is 0.276 e. The maximum absolute atomic E-state index is 8.86. The quantitative estimate of drug-likeness (QED) is 0.794. The topological polar surface area (TPSA) is 54.5 Å². The molecule has 5 heteroatoms. The first-order chi connectivity index (χ1) is 8.61. The summed E-state index contributed by atoms with van der Waals surface area (Å²) in [5, 5.41) is 17.5. The van der Waals surface area contributed by atoms with Gasteiger partial charge >= 0.3 is 0 Å². The van der Waals surface area contributed by atoms with Crippen LogP contribution in [0.25, 0.3) is 5.69 Å². The van der Waals surface area contributed by atoms with E-state index in [1.165, 1.54) is 22.9 Å². The molecule has 2 rings (SSSR count). The molecule has 0 spiro atoms. The zero-order valence-electron chi connectivity index (χ0n) is 10.6. The number of thioether (sulfide) groups is 1. The first kappa shape index (κ1) is 12.7. The lowest BCUT2D eigenvalue weighted by Gasteiger charge is -2.10. The molecule has 0 N–H and O–H groups in total. The van der Waals surface area contributed by atoms with Crippen molar-refractivity contribution < 1.29 is 0 Å². The van der Waals surface area contributed by atoms with Crippen LogP contribution >= 0.6 is 11.8 Å². The van der Waals surface area contributed by atoms with E-state index in [0.29, 0.717) is 0 Å². The van der Waals surface area contributed by atoms with E-state index in [0.717, 1.165) is 10.8 Å². The Morgan fingerprint density at radius 3 is 2.83 bits per heavy atom. The van der Waals surface area contributed by atoms with Gasteiger partial charge in [-0.2, -0.15) is 5.26 Å². The van der Waals surface area contributed by atoms with Crippen LogP contribution in [-0.2, 0) is 0 Å². The van der Waals surface area contributed by atoms with E-state index >= 15 is 0 Å². The summed E-state index contributed by atoms with van der Waals surface area (Å²) in [5.74, 6) is 0. The van der Waals surface area contributed by atoms with Crippen molar-refractivity contribution in [2.75, 3.05) is 0 Å². The maximum atomic E-state index is 8.86. The molecule has 0 aliphatic carbocycles. The average Bonchev–Trinajstić information content (AvgIpc) is 2.77. The van der Waals surface area contributed by atoms with E-state index in [1.54, 1.807) is 6.33 Å². The van der Waals surface area contributed by atoms with Crippen LogP contribution in [0.4, 0.5) is 0 Å². The highest BCUT2D eigenvalue weighted by molar-refractivity contribution is 8.00. The van der Waals surface area contributed by atoms with Gasteiger partial charge in [-0.25, -0.2) is 0 Å². The Hall–Kier alpha value is -1.80. The van der Waals surface area contributed by atoms with Gasteiger partial charge in [-0.15, -0.1) is 10.2 Å². The molecule has 92 valence electrons. The van der Waals surface area contributed by atoms with Gasteiger partial charge in [0, 0.05) is 0 Å². The van der Waals surface area contributed by atoms with Crippen LogP contribution in [0.3, 0.4) is 0 Å². The van der Waals surface area contributed by atoms with Crippen LogP contribution in [0.2, 0.25) is 0 Å². The molecule has 18 heavy (non-hydrogen) atoms. The fraction of sp³-hybridized carbons (Fsp3) is 0.308. The van der Waals surface area contributed by atoms with Gasteiger partial charge in [-0.3, -0.25) is 4.57 Å². The van der Waals surface area contributed by atoms with Crippen molar-refractivity contribution in [3.8, 4) is 11.8 Å². The predicted molar refractivity (Wildman–Crippen MR) is 71.8 cm³/mol. The van der Waals surface area contributed by atoms with Gasteiger partial charge in [0.2, 0.25) is 0 Å². The monoisotopic (exact) mass is 258 g/mol. The summed E-state index contributed by atoms with van der Waals surface area (Å²) >= 11 is 1.41. The Morgan fingerprint density at radius 1 is 1.39 bits per heavy atom. The molecule has 0 saturated carbocycles. The van der Waals surface area contributed by atoms with Crippen LogP contribution in [-0.4, -0.2) is 20.0 Å². The van der Waals surface area contributed by atoms with Crippen LogP contribution in [0.5, 0.6) is 0 Å². The van der Waals surface area contributed by atoms with Crippen molar-refractivity contribution in [2.45, 2.75) is 31.2 Å². The average molecular weight is 258 g/mol. The summed E-state index contributed by atoms with van der Waals surface area (Å²) in [5.41, 5.74) is 3.45. The molecule has 0 unspecified atom stereocenters. The first-order valence-electron chi connectivity index (χ1n) is 5.65. The third kappa shape index (κ3) is 2.54. The second-order valence-electron chi connectivity index (χ2n) is 4.16. The van der Waals surface area contributed by atoms with Crippen LogP contribution in [0.1, 0.15) is 18.1 Å². The highest BCUT2D eigenvalue weighted by Gasteiger charge is 2.12. The van der Waals surface area contributed by atoms with Crippen LogP contribution in [0.15, 0.2) is 29.7 Å². The summed E-state index contributed by atoms with van der Waals surface area (Å²) in [6.45, 7) is 5.98. The van der Waals surface area contributed by atoms with Gasteiger partial charge in [-0.05, 0) is 32.4 Å². The smallest absolute Gasteiger partial charge is 0.196 e. The first-order valence-corrected chi connectivity index (χ1v) is 6.53. The van der Waals surface area contributed by atoms with Gasteiger partial charge in [0.25, 0.3) is 0 Å². The summed E-state index contributed by atoms with van der Waals surface area (Å²) in [6, 6.07) is 8.42. The van der Waals surface area contributed by atoms with Crippen molar-refractivity contribution in [1.29, 1.82) is 5.26 Å². The molecular formula is C13H14N4S. The van der Waals surface area contributed by atoms with Crippen LogP contribution < -0.4 is 0 Å². The number of nitrogens with zero attached hydrogens (tertiary/aromatic N) is 4. The van der Waals surface area contributed by atoms with Crippen molar-refractivity contribution in [1.82, 2.24) is 14.8 Å². The third-order valence-corrected chi connectivity index (χ3v) is 3.54. The molecule has 0 saturated heterocycles. The number of benzene rings is 1. The highest BCUT2D eigenvalue weighted by atomic mass is 32.2. The minimum Gasteiger partial charge on any atom is -0.276 e. The van der Waals surface area contributed by atoms with E-state index < -0.39 is 0 Å². The Balaban J connectivity index is 2.40. The molecule has 1 heterocycles. The zero-order chi connectivity index (χ0) is 13.1. The summed E-state index contributed by atoms with van der Waals surface area (Å²) in [4.78, 5) is 0. The minimum atomic E-state index is -0.140. The lowest BCUT2D eigenvalue weighted by Crippen LogP contribution is -2.01. The van der Waals surface area contributed by atoms with Crippen molar-refractivity contribution in [2.24, 2.45) is 0 Å². The van der Waals surface area contributed by atoms with Gasteiger partial charge < -0.3 is 0 Å². The molecule has 0 aliphatic rings. The Bertz CT molecular complexity index is 597. The lowest BCUT2D eigenvalue weighted by molar-refractivity contribution is 0.875. The molecule has 1 atom stereocenters. The Kier molecular flexibility index (Phi) is 3.68. The van der Waals surface area contributed by atoms with Crippen molar-refractivity contribution in [3.63, 3.8) is 0 Å². The van der Waals surface area contributed by atoms with Crippen molar-refractivity contribution >= 4 is 11.8 Å². The number of nitriles is 1. The Morgan fingerprint density at radius 2 is 2.17 bits per heavy atom. The second kappa shape index (κ2) is 5.23. The number of aryl methyl sites for hydroxylation is 2. The summed E-state index contributed by atoms with van der Waals surface area (Å²) in [6.07, 6.45) is 1.68. The number of hydrogen-bond acceptors (Lipinski definition) is 4. The Labute approximate surface area is 111 Å². The van der Waals surface area contributed by atoms with Crippen LogP contribution in [0, 0.1) is 25.2 Å². The van der Waals surface area contributed by atoms with E-state index in [1.807, 2.05) is 11.5 Å². The standard InChI is InChI=1S/C13H14N4S/c1-9-4-5-12(10(2)6-9)17-8-15-16-13(17)18-11(3)7-14/h4-6,8,11H,1-3H3/t11-/m0/s1. The minimum absolute atomic E-state index is 0.140. The van der Waals surface area contributed by atoms with E-state index in [2.05, 4.69) is 48.3 Å². The van der Waals surface area contributed by atoms with E-state index in [-0.39, 0.29) is 5.25 Å². The fourth-order valence-corrected chi connectivity index (χ4v) is 2.45. The van der Waals surface area contributed by atoms with Gasteiger partial charge in [0.1, 0.15) is 6.33 Å². The highest BCUT2D eigenvalue weighted by Crippen LogP contribution is 2.25. The second-order valence-corrected chi connectivity index (χ2v) is 5.47. The fourth-order valence-electron chi connectivity index (χ4n) is 1.73. The van der Waals surface area contributed by atoms with Gasteiger partial charge in [-0.1, -0.05) is 29.5 Å². The summed E-state index contributed by atoms with van der Waals surface area (Å²) < 4.78 is 1.92. The van der Waals surface area contributed by atoms with Gasteiger partial charge in [0.15, 0.2) is 5.16 Å². The molecule has 0 aliphatic heterocycles. The maximum Gasteiger partial charge on any atom is 0.196 e. The zero-order valence-corrected chi connectivity index (χ0v) is 11.4. The molecule has 1 aromatic heterocycles. The molecule has 0 amide bonds. The number of aromatic nitrogens is 3. The molecule has 4 nitrogen and oxygen atoms in total. The predicted octanol–water partition coefficient (Wildman–Crippen LogP) is 2.89. The number of hydrogen-bond donors (Lipinski definition) is 0. The molecule has 0 fully saturated rings. The molecule has 0 bridgehead atoms. The lowest BCUT2D eigenvalue weighted by atomic mass is 10.1. The van der Waals surface area contributed by atoms with E-state index in [4.69, 9.17) is 5.26 Å². The summed E-state index contributed by atoms with van der Waals surface area (Å²) in [7, 11) is 0. The van der Waals surface area contributed by atoms with Crippen molar-refractivity contribution in [3.05, 3.63) is 35.7 Å². The third-order valence-electron chi connectivity index (χ3n) is 2.59. The SMILES string of the molecule is Cc1ccc(-n2cnnc2S[C@@H](C)C#N)c(C)c1.